The number of nitrogens with zero attached hydrogens (tertiary/aromatic N) is 4. The first kappa shape index (κ1) is 26.9. The third-order valence-corrected chi connectivity index (χ3v) is 8.53. The van der Waals surface area contributed by atoms with Gasteiger partial charge in [0.2, 0.25) is 0 Å². The van der Waals surface area contributed by atoms with Crippen molar-refractivity contribution in [2.24, 2.45) is 0 Å². The van der Waals surface area contributed by atoms with Gasteiger partial charge in [-0.1, -0.05) is 24.1 Å². The molecular weight excluding hydrogens is 535 g/mol. The SMILES string of the molecule is CC(C)(C)SNC1(c2ccc(N3C(=S)N(c4cnc(C#N)c(C(F)(F)F)c4)C(=O)C34CCC4)cc2)COC1. The third kappa shape index (κ3) is 4.35. The van der Waals surface area contributed by atoms with Crippen LogP contribution in [0.5, 0.6) is 0 Å². The van der Waals surface area contributed by atoms with Gasteiger partial charge in [-0.05, 0) is 76.0 Å². The number of benzene rings is 1. The highest BCUT2D eigenvalue weighted by Crippen LogP contribution is 2.48. The summed E-state index contributed by atoms with van der Waals surface area (Å²) >= 11 is 7.33. The Balaban J connectivity index is 1.48. The van der Waals surface area contributed by atoms with Crippen molar-refractivity contribution in [1.82, 2.24) is 9.71 Å². The molecule has 0 bridgehead atoms. The van der Waals surface area contributed by atoms with Crippen LogP contribution >= 0.6 is 24.2 Å². The number of alkyl halides is 3. The van der Waals surface area contributed by atoms with Crippen molar-refractivity contribution in [3.8, 4) is 6.07 Å². The van der Waals surface area contributed by atoms with Crippen LogP contribution in [-0.4, -0.2) is 39.5 Å². The summed E-state index contributed by atoms with van der Waals surface area (Å²) in [4.78, 5) is 20.2. The van der Waals surface area contributed by atoms with Crippen LogP contribution in [0.2, 0.25) is 0 Å². The van der Waals surface area contributed by atoms with Gasteiger partial charge in [-0.15, -0.1) is 0 Å². The maximum atomic E-state index is 13.7. The van der Waals surface area contributed by atoms with E-state index in [0.29, 0.717) is 31.7 Å². The second-order valence-corrected chi connectivity index (χ2v) is 12.8. The Kier molecular flexibility index (Phi) is 6.50. The number of amides is 1. The van der Waals surface area contributed by atoms with Crippen LogP contribution in [0.15, 0.2) is 36.5 Å². The summed E-state index contributed by atoms with van der Waals surface area (Å²) in [6.45, 7) is 7.42. The Labute approximate surface area is 228 Å². The Bertz CT molecular complexity index is 1330. The lowest BCUT2D eigenvalue weighted by Gasteiger charge is -2.44. The van der Waals surface area contributed by atoms with Gasteiger partial charge in [0.1, 0.15) is 11.6 Å². The molecule has 5 rings (SSSR count). The van der Waals surface area contributed by atoms with E-state index in [1.807, 2.05) is 24.3 Å². The number of pyridine rings is 1. The predicted octanol–water partition coefficient (Wildman–Crippen LogP) is 5.29. The summed E-state index contributed by atoms with van der Waals surface area (Å²) in [6.07, 6.45) is -1.85. The van der Waals surface area contributed by atoms with E-state index in [9.17, 15) is 18.0 Å². The van der Waals surface area contributed by atoms with E-state index < -0.39 is 23.0 Å². The summed E-state index contributed by atoms with van der Waals surface area (Å²) in [5, 5.41) is 9.19. The first-order valence-corrected chi connectivity index (χ1v) is 13.3. The lowest BCUT2D eigenvalue weighted by molar-refractivity contribution is -0.138. The van der Waals surface area contributed by atoms with Crippen molar-refractivity contribution < 1.29 is 22.7 Å². The molecule has 2 aliphatic heterocycles. The number of nitriles is 1. The van der Waals surface area contributed by atoms with Crippen LogP contribution < -0.4 is 14.5 Å². The number of hydrogen-bond donors (Lipinski definition) is 1. The maximum Gasteiger partial charge on any atom is 0.419 e. The van der Waals surface area contributed by atoms with Crippen molar-refractivity contribution in [3.63, 3.8) is 0 Å². The standard InChI is InChI=1S/C26H26F3N5O2S2/c1-23(2,3)38-32-24(14-36-15-24)16-5-7-17(8-6-16)34-22(37)33(21(35)25(34)9-4-10-25)18-11-19(26(27,28)29)20(12-30)31-13-18/h5-8,11,13,32H,4,9-10,14-15H2,1-3H3. The van der Waals surface area contributed by atoms with E-state index in [4.69, 9.17) is 22.2 Å². The molecule has 0 radical (unpaired) electrons. The van der Waals surface area contributed by atoms with Crippen molar-refractivity contribution in [1.29, 1.82) is 5.26 Å². The molecule has 3 aliphatic rings. The summed E-state index contributed by atoms with van der Waals surface area (Å²) in [6, 6.07) is 9.96. The molecule has 1 N–H and O–H groups in total. The van der Waals surface area contributed by atoms with E-state index >= 15 is 0 Å². The van der Waals surface area contributed by atoms with Gasteiger partial charge < -0.3 is 9.64 Å². The minimum atomic E-state index is -4.80. The fraction of sp³-hybridized carbons (Fsp3) is 0.462. The third-order valence-electron chi connectivity index (χ3n) is 7.06. The lowest BCUT2D eigenvalue weighted by Crippen LogP contribution is -2.56. The van der Waals surface area contributed by atoms with Gasteiger partial charge in [-0.25, -0.2) is 9.71 Å². The number of halogens is 3. The second kappa shape index (κ2) is 9.19. The zero-order valence-electron chi connectivity index (χ0n) is 21.1. The minimum Gasteiger partial charge on any atom is -0.377 e. The van der Waals surface area contributed by atoms with E-state index in [0.717, 1.165) is 29.1 Å². The fourth-order valence-electron chi connectivity index (χ4n) is 4.86. The van der Waals surface area contributed by atoms with Gasteiger partial charge in [0.15, 0.2) is 10.8 Å². The summed E-state index contributed by atoms with van der Waals surface area (Å²) in [7, 11) is 0. The molecule has 1 amide bonds. The van der Waals surface area contributed by atoms with Gasteiger partial charge in [0.05, 0.1) is 36.2 Å². The summed E-state index contributed by atoms with van der Waals surface area (Å²) in [5.74, 6) is -0.385. The molecule has 3 heterocycles. The predicted molar refractivity (Wildman–Crippen MR) is 143 cm³/mol. The largest absolute Gasteiger partial charge is 0.419 e. The minimum absolute atomic E-state index is 0.0109. The van der Waals surface area contributed by atoms with Crippen molar-refractivity contribution in [3.05, 3.63) is 53.3 Å². The highest BCUT2D eigenvalue weighted by molar-refractivity contribution is 7.98. The highest BCUT2D eigenvalue weighted by Gasteiger charge is 2.60. The summed E-state index contributed by atoms with van der Waals surface area (Å²) < 4.78 is 49.9. The van der Waals surface area contributed by atoms with E-state index in [1.54, 1.807) is 16.8 Å². The van der Waals surface area contributed by atoms with Crippen LogP contribution in [-0.2, 0) is 21.2 Å². The number of aromatic nitrogens is 1. The van der Waals surface area contributed by atoms with Gasteiger partial charge in [0.25, 0.3) is 5.91 Å². The number of ether oxygens (including phenoxy) is 1. The van der Waals surface area contributed by atoms with Crippen LogP contribution in [0.4, 0.5) is 24.5 Å². The molecule has 1 aromatic carbocycles. The average molecular weight is 562 g/mol. The molecule has 1 aromatic heterocycles. The first-order chi connectivity index (χ1) is 17.8. The van der Waals surface area contributed by atoms with Crippen LogP contribution in [0.25, 0.3) is 0 Å². The highest BCUT2D eigenvalue weighted by atomic mass is 32.2. The van der Waals surface area contributed by atoms with Crippen LogP contribution in [0.3, 0.4) is 0 Å². The van der Waals surface area contributed by atoms with Gasteiger partial charge in [-0.2, -0.15) is 18.4 Å². The molecule has 12 heteroatoms. The van der Waals surface area contributed by atoms with Gasteiger partial charge in [-0.3, -0.25) is 9.69 Å². The van der Waals surface area contributed by atoms with Crippen molar-refractivity contribution >= 4 is 46.6 Å². The fourth-order valence-corrected chi connectivity index (χ4v) is 6.07. The van der Waals surface area contributed by atoms with E-state index in [2.05, 4.69) is 30.5 Å². The Morgan fingerprint density at radius 3 is 2.29 bits per heavy atom. The number of anilines is 2. The smallest absolute Gasteiger partial charge is 0.377 e. The Morgan fingerprint density at radius 2 is 1.82 bits per heavy atom. The number of hydrogen-bond acceptors (Lipinski definition) is 7. The Morgan fingerprint density at radius 1 is 1.16 bits per heavy atom. The monoisotopic (exact) mass is 561 g/mol. The number of rotatable bonds is 5. The van der Waals surface area contributed by atoms with Crippen LogP contribution in [0, 0.1) is 11.3 Å². The van der Waals surface area contributed by atoms with Crippen LogP contribution in [0.1, 0.15) is 56.9 Å². The molecule has 3 fully saturated rings. The van der Waals surface area contributed by atoms with Gasteiger partial charge >= 0.3 is 6.18 Å². The summed E-state index contributed by atoms with van der Waals surface area (Å²) in [5.41, 5.74) is -1.63. The molecule has 7 nitrogen and oxygen atoms in total. The molecule has 38 heavy (non-hydrogen) atoms. The Hall–Kier alpha value is -2.72. The molecule has 2 saturated heterocycles. The number of carbonyl (C=O) groups is 1. The number of thiocarbonyl (C=S) groups is 1. The molecule has 2 aromatic rings. The number of carbonyl (C=O) groups excluding carboxylic acids is 1. The second-order valence-electron chi connectivity index (χ2n) is 10.8. The molecule has 1 saturated carbocycles. The normalized spacial score (nSPS) is 20.3. The lowest BCUT2D eigenvalue weighted by atomic mass is 9.75. The zero-order chi connectivity index (χ0) is 27.5. The topological polar surface area (TPSA) is 81.5 Å². The zero-order valence-corrected chi connectivity index (χ0v) is 22.7. The van der Waals surface area contributed by atoms with E-state index in [-0.39, 0.29) is 27.0 Å². The number of nitrogens with one attached hydrogen (secondary N) is 1. The van der Waals surface area contributed by atoms with E-state index in [1.165, 1.54) is 6.07 Å². The first-order valence-electron chi connectivity index (χ1n) is 12.1. The molecule has 0 atom stereocenters. The molecule has 0 unspecified atom stereocenters. The molecule has 200 valence electrons. The molecule has 1 spiro atoms. The van der Waals surface area contributed by atoms with Crippen molar-refractivity contribution in [2.45, 2.75) is 62.0 Å². The molecular formula is C26H26F3N5O2S2. The maximum absolute atomic E-state index is 13.7. The average Bonchev–Trinajstić information content (AvgIpc) is 3.04. The van der Waals surface area contributed by atoms with Gasteiger partial charge in [0, 0.05) is 10.4 Å². The molecule has 1 aliphatic carbocycles. The van der Waals surface area contributed by atoms with Crippen molar-refractivity contribution in [2.75, 3.05) is 23.0 Å². The quantitative estimate of drug-likeness (QED) is 0.390.